The Balaban J connectivity index is 2.36. The number of rotatable bonds is 2. The summed E-state index contributed by atoms with van der Waals surface area (Å²) in [6.07, 6.45) is 2.34. The first-order valence-corrected chi connectivity index (χ1v) is 5.54. The van der Waals surface area contributed by atoms with E-state index < -0.39 is 0 Å². The largest absolute Gasteiger partial charge is 0.448 e. The van der Waals surface area contributed by atoms with E-state index in [2.05, 4.69) is 19.2 Å². The van der Waals surface area contributed by atoms with Gasteiger partial charge in [0.2, 0.25) is 0 Å². The molecular formula is C11H16ClNO. The van der Waals surface area contributed by atoms with Gasteiger partial charge in [0, 0.05) is 0 Å². The monoisotopic (exact) mass is 213 g/mol. The molecule has 78 valence electrons. The first-order valence-electron chi connectivity index (χ1n) is 5.16. The lowest BCUT2D eigenvalue weighted by Crippen LogP contribution is -2.41. The van der Waals surface area contributed by atoms with Crippen LogP contribution in [0.5, 0.6) is 0 Å². The quantitative estimate of drug-likeness (QED) is 0.817. The molecule has 1 atom stereocenters. The zero-order valence-electron chi connectivity index (χ0n) is 8.64. The second-order valence-electron chi connectivity index (χ2n) is 4.26. The van der Waals surface area contributed by atoms with Crippen LogP contribution in [0.2, 0.25) is 5.22 Å². The Kier molecular flexibility index (Phi) is 2.58. The summed E-state index contributed by atoms with van der Waals surface area (Å²) in [5.41, 5.74) is 0.00708. The van der Waals surface area contributed by atoms with Crippen molar-refractivity contribution in [3.63, 3.8) is 0 Å². The van der Waals surface area contributed by atoms with Gasteiger partial charge in [0.15, 0.2) is 5.22 Å². The molecule has 0 saturated carbocycles. The summed E-state index contributed by atoms with van der Waals surface area (Å²) in [4.78, 5) is 0. The maximum absolute atomic E-state index is 5.81. The van der Waals surface area contributed by atoms with Gasteiger partial charge < -0.3 is 9.73 Å². The van der Waals surface area contributed by atoms with Gasteiger partial charge in [-0.1, -0.05) is 13.8 Å². The predicted molar refractivity (Wildman–Crippen MR) is 57.5 cm³/mol. The maximum Gasteiger partial charge on any atom is 0.193 e. The minimum Gasteiger partial charge on any atom is -0.448 e. The van der Waals surface area contributed by atoms with Crippen molar-refractivity contribution in [2.24, 2.45) is 5.92 Å². The van der Waals surface area contributed by atoms with Crippen LogP contribution in [0, 0.1) is 5.92 Å². The van der Waals surface area contributed by atoms with Crippen molar-refractivity contribution in [3.05, 3.63) is 23.1 Å². The number of halogens is 1. The van der Waals surface area contributed by atoms with Gasteiger partial charge in [0.1, 0.15) is 5.76 Å². The van der Waals surface area contributed by atoms with Gasteiger partial charge in [-0.15, -0.1) is 0 Å². The van der Waals surface area contributed by atoms with Crippen LogP contribution >= 0.6 is 11.6 Å². The third-order valence-corrected chi connectivity index (χ3v) is 3.39. The van der Waals surface area contributed by atoms with Gasteiger partial charge in [-0.2, -0.15) is 0 Å². The highest BCUT2D eigenvalue weighted by Crippen LogP contribution is 2.39. The fourth-order valence-electron chi connectivity index (χ4n) is 2.31. The highest BCUT2D eigenvalue weighted by atomic mass is 35.5. The molecule has 1 aliphatic rings. The molecule has 14 heavy (non-hydrogen) atoms. The minimum absolute atomic E-state index is 0.00708. The van der Waals surface area contributed by atoms with Crippen molar-refractivity contribution >= 4 is 11.6 Å². The van der Waals surface area contributed by atoms with E-state index in [1.54, 1.807) is 0 Å². The fraction of sp³-hybridized carbons (Fsp3) is 0.636. The van der Waals surface area contributed by atoms with Crippen molar-refractivity contribution < 1.29 is 4.42 Å². The summed E-state index contributed by atoms with van der Waals surface area (Å²) in [5.74, 6) is 1.50. The van der Waals surface area contributed by atoms with Crippen molar-refractivity contribution in [1.82, 2.24) is 5.32 Å². The summed E-state index contributed by atoms with van der Waals surface area (Å²) in [6, 6.07) is 3.81. The Morgan fingerprint density at radius 3 is 2.71 bits per heavy atom. The summed E-state index contributed by atoms with van der Waals surface area (Å²) in [7, 11) is 0. The summed E-state index contributed by atoms with van der Waals surface area (Å²) in [5, 5.41) is 4.03. The normalized spacial score (nSPS) is 27.4. The van der Waals surface area contributed by atoms with Crippen molar-refractivity contribution in [3.8, 4) is 0 Å². The molecule has 0 amide bonds. The van der Waals surface area contributed by atoms with Crippen LogP contribution in [0.3, 0.4) is 0 Å². The molecule has 1 N–H and O–H groups in total. The van der Waals surface area contributed by atoms with E-state index in [0.29, 0.717) is 11.1 Å². The number of nitrogens with one attached hydrogen (secondary N) is 1. The van der Waals surface area contributed by atoms with Crippen molar-refractivity contribution in [2.45, 2.75) is 32.2 Å². The van der Waals surface area contributed by atoms with Crippen molar-refractivity contribution in [2.75, 3.05) is 6.54 Å². The highest BCUT2D eigenvalue weighted by molar-refractivity contribution is 6.28. The van der Waals surface area contributed by atoms with Crippen LogP contribution in [0.1, 0.15) is 32.4 Å². The molecule has 2 rings (SSSR count). The molecule has 1 aliphatic heterocycles. The number of furan rings is 1. The van der Waals surface area contributed by atoms with Crippen LogP contribution in [-0.2, 0) is 5.54 Å². The predicted octanol–water partition coefficient (Wildman–Crippen LogP) is 3.17. The van der Waals surface area contributed by atoms with Gasteiger partial charge in [0.05, 0.1) is 5.54 Å². The van der Waals surface area contributed by atoms with Crippen LogP contribution < -0.4 is 5.32 Å². The van der Waals surface area contributed by atoms with Crippen LogP contribution in [-0.4, -0.2) is 6.54 Å². The fourth-order valence-corrected chi connectivity index (χ4v) is 2.45. The standard InChI is InChI=1S/C11H16ClNO/c1-8(2)11(6-3-7-13-11)9-4-5-10(12)14-9/h4-5,8,13H,3,6-7H2,1-2H3. The van der Waals surface area contributed by atoms with Crippen LogP contribution in [0.4, 0.5) is 0 Å². The van der Waals surface area contributed by atoms with E-state index >= 15 is 0 Å². The molecule has 1 saturated heterocycles. The van der Waals surface area contributed by atoms with E-state index in [1.807, 2.05) is 12.1 Å². The Hall–Kier alpha value is -0.470. The zero-order valence-corrected chi connectivity index (χ0v) is 9.40. The van der Waals surface area contributed by atoms with E-state index in [9.17, 15) is 0 Å². The molecule has 1 unspecified atom stereocenters. The van der Waals surface area contributed by atoms with E-state index in [4.69, 9.17) is 16.0 Å². The Morgan fingerprint density at radius 1 is 1.50 bits per heavy atom. The summed E-state index contributed by atoms with van der Waals surface area (Å²) >= 11 is 5.81. The lowest BCUT2D eigenvalue weighted by atomic mass is 9.83. The lowest BCUT2D eigenvalue weighted by molar-refractivity contribution is 0.226. The Labute approximate surface area is 89.6 Å². The third-order valence-electron chi connectivity index (χ3n) is 3.19. The first-order chi connectivity index (χ1) is 6.65. The maximum atomic E-state index is 5.81. The summed E-state index contributed by atoms with van der Waals surface area (Å²) < 4.78 is 5.54. The molecule has 0 bridgehead atoms. The Bertz CT molecular complexity index is 313. The average molecular weight is 214 g/mol. The molecule has 2 nitrogen and oxygen atoms in total. The molecule has 1 aromatic heterocycles. The molecule has 0 aromatic carbocycles. The van der Waals surface area contributed by atoms with Gasteiger partial charge in [-0.05, 0) is 49.0 Å². The number of hydrogen-bond acceptors (Lipinski definition) is 2. The highest BCUT2D eigenvalue weighted by Gasteiger charge is 2.40. The van der Waals surface area contributed by atoms with Gasteiger partial charge in [-0.3, -0.25) is 0 Å². The SMILES string of the molecule is CC(C)C1(c2ccc(Cl)o2)CCCN1. The number of hydrogen-bond donors (Lipinski definition) is 1. The average Bonchev–Trinajstić information content (AvgIpc) is 2.71. The zero-order chi connectivity index (χ0) is 10.2. The molecular weight excluding hydrogens is 198 g/mol. The minimum atomic E-state index is 0.00708. The lowest BCUT2D eigenvalue weighted by Gasteiger charge is -2.31. The van der Waals surface area contributed by atoms with E-state index in [0.717, 1.165) is 18.7 Å². The van der Waals surface area contributed by atoms with Crippen LogP contribution in [0.15, 0.2) is 16.5 Å². The molecule has 0 aliphatic carbocycles. The molecule has 1 aromatic rings. The summed E-state index contributed by atoms with van der Waals surface area (Å²) in [6.45, 7) is 5.50. The second-order valence-corrected chi connectivity index (χ2v) is 4.63. The second kappa shape index (κ2) is 3.59. The van der Waals surface area contributed by atoms with Crippen LogP contribution in [0.25, 0.3) is 0 Å². The van der Waals surface area contributed by atoms with E-state index in [-0.39, 0.29) is 5.54 Å². The molecule has 0 spiro atoms. The first kappa shape index (κ1) is 10.1. The van der Waals surface area contributed by atoms with Gasteiger partial charge >= 0.3 is 0 Å². The molecule has 3 heteroatoms. The molecule has 2 heterocycles. The van der Waals surface area contributed by atoms with Gasteiger partial charge in [0.25, 0.3) is 0 Å². The van der Waals surface area contributed by atoms with Crippen molar-refractivity contribution in [1.29, 1.82) is 0 Å². The molecule has 1 fully saturated rings. The molecule has 0 radical (unpaired) electrons. The smallest absolute Gasteiger partial charge is 0.193 e. The Morgan fingerprint density at radius 2 is 2.29 bits per heavy atom. The topological polar surface area (TPSA) is 25.2 Å². The van der Waals surface area contributed by atoms with E-state index in [1.165, 1.54) is 6.42 Å². The van der Waals surface area contributed by atoms with Gasteiger partial charge in [-0.25, -0.2) is 0 Å². The third kappa shape index (κ3) is 1.47.